The Morgan fingerprint density at radius 2 is 2.29 bits per heavy atom. The van der Waals surface area contributed by atoms with Crippen LogP contribution in [0.4, 0.5) is 0 Å². The number of carboxylic acids is 1. The number of pyridine rings is 1. The molecule has 1 atom stereocenters. The standard InChI is InChI=1S/C15H17N3O3/c1-9-4-5-18-12(6-9)17-11(7-13(18)19)8-16-14(15(20)21)10-2-3-10/h4-7,10,14,16H,2-3,8H2,1H3,(H,20,21). The van der Waals surface area contributed by atoms with Gasteiger partial charge in [-0.25, -0.2) is 4.98 Å². The highest BCUT2D eigenvalue weighted by Gasteiger charge is 2.35. The molecule has 0 aromatic carbocycles. The third kappa shape index (κ3) is 2.95. The smallest absolute Gasteiger partial charge is 0.320 e. The molecule has 1 aliphatic rings. The van der Waals surface area contributed by atoms with Crippen LogP contribution < -0.4 is 10.9 Å². The molecule has 0 amide bonds. The largest absolute Gasteiger partial charge is 0.480 e. The van der Waals surface area contributed by atoms with Crippen LogP contribution in [0.3, 0.4) is 0 Å². The van der Waals surface area contributed by atoms with Crippen LogP contribution >= 0.6 is 0 Å². The first-order valence-electron chi connectivity index (χ1n) is 7.00. The first kappa shape index (κ1) is 13.8. The van der Waals surface area contributed by atoms with Gasteiger partial charge in [-0.3, -0.25) is 19.3 Å². The third-order valence-electron chi connectivity index (χ3n) is 3.74. The summed E-state index contributed by atoms with van der Waals surface area (Å²) in [7, 11) is 0. The molecule has 6 heteroatoms. The van der Waals surface area contributed by atoms with Crippen LogP contribution in [0.25, 0.3) is 5.65 Å². The van der Waals surface area contributed by atoms with Crippen molar-refractivity contribution in [1.29, 1.82) is 0 Å². The second-order valence-corrected chi connectivity index (χ2v) is 5.55. The molecule has 110 valence electrons. The molecule has 1 saturated carbocycles. The average molecular weight is 287 g/mol. The maximum Gasteiger partial charge on any atom is 0.320 e. The Hall–Kier alpha value is -2.21. The number of nitrogens with zero attached hydrogens (tertiary/aromatic N) is 2. The highest BCUT2D eigenvalue weighted by atomic mass is 16.4. The molecule has 1 aliphatic carbocycles. The molecule has 0 aliphatic heterocycles. The molecular weight excluding hydrogens is 270 g/mol. The van der Waals surface area contributed by atoms with Crippen LogP contribution in [0.15, 0.2) is 29.2 Å². The van der Waals surface area contributed by atoms with Crippen molar-refractivity contribution in [3.63, 3.8) is 0 Å². The molecule has 2 N–H and O–H groups in total. The van der Waals surface area contributed by atoms with Gasteiger partial charge in [-0.2, -0.15) is 0 Å². The summed E-state index contributed by atoms with van der Waals surface area (Å²) < 4.78 is 1.48. The molecule has 21 heavy (non-hydrogen) atoms. The molecule has 0 radical (unpaired) electrons. The van der Waals surface area contributed by atoms with Gasteiger partial charge < -0.3 is 5.11 Å². The lowest BCUT2D eigenvalue weighted by atomic mass is 10.2. The van der Waals surface area contributed by atoms with Crippen LogP contribution in [0.2, 0.25) is 0 Å². The highest BCUT2D eigenvalue weighted by molar-refractivity contribution is 5.74. The summed E-state index contributed by atoms with van der Waals surface area (Å²) in [4.78, 5) is 27.6. The van der Waals surface area contributed by atoms with E-state index in [1.165, 1.54) is 10.5 Å². The number of rotatable bonds is 5. The number of aryl methyl sites for hydroxylation is 1. The Balaban J connectivity index is 1.83. The van der Waals surface area contributed by atoms with E-state index in [-0.39, 0.29) is 18.0 Å². The van der Waals surface area contributed by atoms with E-state index in [4.69, 9.17) is 0 Å². The molecule has 0 bridgehead atoms. The maximum absolute atomic E-state index is 12.0. The Kier molecular flexibility index (Phi) is 3.47. The average Bonchev–Trinajstić information content (AvgIpc) is 3.22. The summed E-state index contributed by atoms with van der Waals surface area (Å²) in [5, 5.41) is 12.2. The molecule has 2 aromatic heterocycles. The summed E-state index contributed by atoms with van der Waals surface area (Å²) in [6.07, 6.45) is 3.58. The number of carboxylic acid groups (broad SMARTS) is 1. The quantitative estimate of drug-likeness (QED) is 0.855. The first-order chi connectivity index (χ1) is 10.0. The number of aromatic nitrogens is 2. The number of nitrogens with one attached hydrogen (secondary N) is 1. The fraction of sp³-hybridized carbons (Fsp3) is 0.400. The van der Waals surface area contributed by atoms with E-state index < -0.39 is 12.0 Å². The van der Waals surface area contributed by atoms with E-state index >= 15 is 0 Å². The van der Waals surface area contributed by atoms with Crippen molar-refractivity contribution in [2.75, 3.05) is 0 Å². The number of carbonyl (C=O) groups is 1. The second kappa shape index (κ2) is 5.29. The van der Waals surface area contributed by atoms with Gasteiger partial charge >= 0.3 is 5.97 Å². The van der Waals surface area contributed by atoms with E-state index in [0.29, 0.717) is 11.3 Å². The van der Waals surface area contributed by atoms with Crippen LogP contribution in [-0.4, -0.2) is 26.5 Å². The minimum atomic E-state index is -0.842. The zero-order chi connectivity index (χ0) is 15.0. The van der Waals surface area contributed by atoms with Gasteiger partial charge in [-0.05, 0) is 43.4 Å². The van der Waals surface area contributed by atoms with Crippen LogP contribution in [0.5, 0.6) is 0 Å². The first-order valence-corrected chi connectivity index (χ1v) is 7.00. The van der Waals surface area contributed by atoms with Gasteiger partial charge in [0.15, 0.2) is 0 Å². The van der Waals surface area contributed by atoms with Crippen LogP contribution in [-0.2, 0) is 11.3 Å². The topological polar surface area (TPSA) is 83.7 Å². The maximum atomic E-state index is 12.0. The lowest BCUT2D eigenvalue weighted by Gasteiger charge is -2.13. The van der Waals surface area contributed by atoms with Gasteiger partial charge in [0.1, 0.15) is 11.7 Å². The summed E-state index contributed by atoms with van der Waals surface area (Å²) in [6.45, 7) is 2.22. The third-order valence-corrected chi connectivity index (χ3v) is 3.74. The molecule has 0 spiro atoms. The second-order valence-electron chi connectivity index (χ2n) is 5.55. The van der Waals surface area contributed by atoms with Crippen LogP contribution in [0.1, 0.15) is 24.1 Å². The molecule has 6 nitrogen and oxygen atoms in total. The van der Waals surface area contributed by atoms with Crippen molar-refractivity contribution < 1.29 is 9.90 Å². The number of aliphatic carboxylic acids is 1. The van der Waals surface area contributed by atoms with E-state index in [9.17, 15) is 14.7 Å². The van der Waals surface area contributed by atoms with Crippen molar-refractivity contribution in [3.8, 4) is 0 Å². The predicted molar refractivity (Wildman–Crippen MR) is 77.2 cm³/mol. The number of hydrogen-bond acceptors (Lipinski definition) is 4. The zero-order valence-corrected chi connectivity index (χ0v) is 11.7. The van der Waals surface area contributed by atoms with Crippen molar-refractivity contribution in [2.45, 2.75) is 32.4 Å². The molecule has 2 heterocycles. The Morgan fingerprint density at radius 3 is 2.95 bits per heavy atom. The highest BCUT2D eigenvalue weighted by Crippen LogP contribution is 2.32. The van der Waals surface area contributed by atoms with Gasteiger partial charge in [0, 0.05) is 18.8 Å². The predicted octanol–water partition coefficient (Wildman–Crippen LogP) is 0.956. The summed E-state index contributed by atoms with van der Waals surface area (Å²) in [6, 6.07) is 4.58. The van der Waals surface area contributed by atoms with E-state index in [0.717, 1.165) is 18.4 Å². The zero-order valence-electron chi connectivity index (χ0n) is 11.7. The fourth-order valence-corrected chi connectivity index (χ4v) is 2.44. The van der Waals surface area contributed by atoms with E-state index in [1.807, 2.05) is 19.1 Å². The Bertz CT molecular complexity index is 749. The molecule has 3 rings (SSSR count). The molecule has 0 saturated heterocycles. The summed E-state index contributed by atoms with van der Waals surface area (Å²) in [5.41, 5.74) is 2.01. The van der Waals surface area contributed by atoms with Crippen LogP contribution in [0, 0.1) is 12.8 Å². The minimum Gasteiger partial charge on any atom is -0.480 e. The summed E-state index contributed by atoms with van der Waals surface area (Å²) in [5.74, 6) is -0.642. The number of hydrogen-bond donors (Lipinski definition) is 2. The Morgan fingerprint density at radius 1 is 1.52 bits per heavy atom. The monoisotopic (exact) mass is 287 g/mol. The number of fused-ring (bicyclic) bond motifs is 1. The SMILES string of the molecule is Cc1ccn2c(=O)cc(CNC(C(=O)O)C3CC3)nc2c1. The van der Waals surface area contributed by atoms with Crippen molar-refractivity contribution in [1.82, 2.24) is 14.7 Å². The molecular formula is C15H17N3O3. The summed E-state index contributed by atoms with van der Waals surface area (Å²) >= 11 is 0. The van der Waals surface area contributed by atoms with Gasteiger partial charge in [-0.15, -0.1) is 0 Å². The van der Waals surface area contributed by atoms with Crippen molar-refractivity contribution >= 4 is 11.6 Å². The Labute approximate surface area is 121 Å². The molecule has 2 aromatic rings. The van der Waals surface area contributed by atoms with Gasteiger partial charge in [-0.1, -0.05) is 0 Å². The minimum absolute atomic E-state index is 0.157. The lowest BCUT2D eigenvalue weighted by molar-refractivity contribution is -0.140. The normalized spacial score (nSPS) is 16.0. The molecule has 1 fully saturated rings. The fourth-order valence-electron chi connectivity index (χ4n) is 2.44. The van der Waals surface area contributed by atoms with Crippen molar-refractivity contribution in [3.05, 3.63) is 46.0 Å². The van der Waals surface area contributed by atoms with E-state index in [2.05, 4.69) is 10.3 Å². The van der Waals surface area contributed by atoms with Gasteiger partial charge in [0.05, 0.1) is 5.69 Å². The lowest BCUT2D eigenvalue weighted by Crippen LogP contribution is -2.38. The van der Waals surface area contributed by atoms with Crippen molar-refractivity contribution in [2.24, 2.45) is 5.92 Å². The van der Waals surface area contributed by atoms with E-state index in [1.54, 1.807) is 6.20 Å². The van der Waals surface area contributed by atoms with Gasteiger partial charge in [0.2, 0.25) is 0 Å². The van der Waals surface area contributed by atoms with Gasteiger partial charge in [0.25, 0.3) is 5.56 Å². The molecule has 1 unspecified atom stereocenters.